The highest BCUT2D eigenvalue weighted by Crippen LogP contribution is 2.39. The molecule has 1 aliphatic heterocycles. The van der Waals surface area contributed by atoms with E-state index in [2.05, 4.69) is 41.2 Å². The van der Waals surface area contributed by atoms with E-state index >= 15 is 0 Å². The molecule has 1 saturated heterocycles. The molecule has 1 fully saturated rings. The van der Waals surface area contributed by atoms with Gasteiger partial charge in [-0.05, 0) is 49.9 Å². The molecule has 1 aromatic heterocycles. The van der Waals surface area contributed by atoms with E-state index in [0.717, 1.165) is 30.3 Å². The number of amides is 1. The van der Waals surface area contributed by atoms with Crippen LogP contribution >= 0.6 is 21.6 Å². The Morgan fingerprint density at radius 1 is 1.28 bits per heavy atom. The maximum absolute atomic E-state index is 12.2. The minimum Gasteiger partial charge on any atom is -0.347 e. The number of rotatable bonds is 9. The molecule has 5 heteroatoms. The Kier molecular flexibility index (Phi) is 7.17. The average Bonchev–Trinajstić information content (AvgIpc) is 3.26. The number of anilines is 1. The van der Waals surface area contributed by atoms with Crippen molar-refractivity contribution in [3.63, 3.8) is 0 Å². The van der Waals surface area contributed by atoms with Gasteiger partial charge in [0.15, 0.2) is 0 Å². The molecule has 0 spiro atoms. The summed E-state index contributed by atoms with van der Waals surface area (Å²) in [5.74, 6) is 1.43. The molecule has 1 unspecified atom stereocenters. The van der Waals surface area contributed by atoms with E-state index in [1.165, 1.54) is 42.3 Å². The number of carbonyl (C=O) groups excluding carboxylic acids is 1. The van der Waals surface area contributed by atoms with Crippen LogP contribution in [0.25, 0.3) is 10.9 Å². The Labute approximate surface area is 158 Å². The predicted molar refractivity (Wildman–Crippen MR) is 112 cm³/mol. The van der Waals surface area contributed by atoms with Crippen molar-refractivity contribution in [2.45, 2.75) is 63.7 Å². The van der Waals surface area contributed by atoms with Crippen molar-refractivity contribution in [3.8, 4) is 0 Å². The number of nitrogens with zero attached hydrogens (tertiary/aromatic N) is 1. The quantitative estimate of drug-likeness (QED) is 0.424. The highest BCUT2D eigenvalue weighted by Gasteiger charge is 2.15. The molecule has 0 radical (unpaired) electrons. The SMILES string of the molecule is CCCCn1ccc2cc(NC(=O)CCCCC3CCSS3)ccc21. The van der Waals surface area contributed by atoms with Crippen molar-refractivity contribution in [1.29, 1.82) is 0 Å². The lowest BCUT2D eigenvalue weighted by atomic mass is 10.1. The summed E-state index contributed by atoms with van der Waals surface area (Å²) in [6.07, 6.45) is 9.90. The first-order chi connectivity index (χ1) is 12.3. The van der Waals surface area contributed by atoms with Crippen LogP contribution in [-0.4, -0.2) is 21.5 Å². The van der Waals surface area contributed by atoms with E-state index < -0.39 is 0 Å². The van der Waals surface area contributed by atoms with Gasteiger partial charge in [0, 0.05) is 46.8 Å². The zero-order valence-electron chi connectivity index (χ0n) is 15.0. The molecular weight excluding hydrogens is 348 g/mol. The van der Waals surface area contributed by atoms with Crippen LogP contribution in [0.1, 0.15) is 51.9 Å². The average molecular weight is 377 g/mol. The zero-order chi connectivity index (χ0) is 17.5. The number of fused-ring (bicyclic) bond motifs is 1. The molecule has 0 saturated carbocycles. The van der Waals surface area contributed by atoms with Crippen LogP contribution in [0.5, 0.6) is 0 Å². The van der Waals surface area contributed by atoms with Gasteiger partial charge in [-0.25, -0.2) is 0 Å². The van der Waals surface area contributed by atoms with E-state index in [4.69, 9.17) is 0 Å². The summed E-state index contributed by atoms with van der Waals surface area (Å²) in [4.78, 5) is 12.2. The van der Waals surface area contributed by atoms with E-state index in [-0.39, 0.29) is 5.91 Å². The minimum atomic E-state index is 0.137. The van der Waals surface area contributed by atoms with Gasteiger partial charge in [0.05, 0.1) is 0 Å². The summed E-state index contributed by atoms with van der Waals surface area (Å²) in [7, 11) is 4.02. The lowest BCUT2D eigenvalue weighted by Gasteiger charge is -2.08. The topological polar surface area (TPSA) is 34.0 Å². The second kappa shape index (κ2) is 9.58. The third kappa shape index (κ3) is 5.45. The van der Waals surface area contributed by atoms with Crippen LogP contribution in [0.3, 0.4) is 0 Å². The van der Waals surface area contributed by atoms with Crippen molar-refractivity contribution in [2.24, 2.45) is 0 Å². The van der Waals surface area contributed by atoms with Crippen LogP contribution < -0.4 is 5.32 Å². The largest absolute Gasteiger partial charge is 0.347 e. The van der Waals surface area contributed by atoms with Gasteiger partial charge in [-0.1, -0.05) is 41.4 Å². The summed E-state index contributed by atoms with van der Waals surface area (Å²) in [6, 6.07) is 8.37. The molecule has 1 N–H and O–H groups in total. The zero-order valence-corrected chi connectivity index (χ0v) is 16.6. The third-order valence-corrected chi connectivity index (χ3v) is 7.72. The van der Waals surface area contributed by atoms with E-state index in [0.29, 0.717) is 6.42 Å². The van der Waals surface area contributed by atoms with Gasteiger partial charge < -0.3 is 9.88 Å². The van der Waals surface area contributed by atoms with Gasteiger partial charge in [0.25, 0.3) is 0 Å². The second-order valence-electron chi connectivity index (χ2n) is 6.76. The number of carbonyl (C=O) groups is 1. The summed E-state index contributed by atoms with van der Waals surface area (Å²) in [5.41, 5.74) is 2.16. The minimum absolute atomic E-state index is 0.137. The second-order valence-corrected chi connectivity index (χ2v) is 9.55. The number of aromatic nitrogens is 1. The summed E-state index contributed by atoms with van der Waals surface area (Å²) in [6.45, 7) is 3.27. The standard InChI is InChI=1S/C20H28N2OS2/c1-2-3-12-22-13-10-16-15-17(8-9-19(16)22)21-20(23)7-5-4-6-18-11-14-24-25-18/h8-10,13,15,18H,2-7,11-12,14H2,1H3,(H,21,23). The summed E-state index contributed by atoms with van der Waals surface area (Å²) < 4.78 is 2.30. The maximum Gasteiger partial charge on any atom is 0.224 e. The van der Waals surface area contributed by atoms with Gasteiger partial charge in [0.1, 0.15) is 0 Å². The Balaban J connectivity index is 1.45. The van der Waals surface area contributed by atoms with Crippen molar-refractivity contribution in [2.75, 3.05) is 11.1 Å². The number of unbranched alkanes of at least 4 members (excludes halogenated alkanes) is 2. The molecule has 0 bridgehead atoms. The number of benzene rings is 1. The van der Waals surface area contributed by atoms with Crippen molar-refractivity contribution >= 4 is 44.1 Å². The molecule has 1 aliphatic rings. The van der Waals surface area contributed by atoms with Gasteiger partial charge in [-0.15, -0.1) is 0 Å². The fourth-order valence-corrected chi connectivity index (χ4v) is 6.27. The highest BCUT2D eigenvalue weighted by molar-refractivity contribution is 8.77. The first-order valence-corrected chi connectivity index (χ1v) is 11.8. The van der Waals surface area contributed by atoms with Crippen LogP contribution in [0, 0.1) is 0 Å². The molecular formula is C20H28N2OS2. The molecule has 1 atom stereocenters. The molecule has 1 aromatic carbocycles. The molecule has 2 aromatic rings. The normalized spacial score (nSPS) is 17.2. The summed E-state index contributed by atoms with van der Waals surface area (Å²) in [5, 5.41) is 5.07. The van der Waals surface area contributed by atoms with Gasteiger partial charge in [-0.2, -0.15) is 0 Å². The number of nitrogens with one attached hydrogen (secondary N) is 1. The van der Waals surface area contributed by atoms with Gasteiger partial charge in [-0.3, -0.25) is 4.79 Å². The third-order valence-electron chi connectivity index (χ3n) is 4.71. The molecule has 2 heterocycles. The Morgan fingerprint density at radius 2 is 2.20 bits per heavy atom. The van der Waals surface area contributed by atoms with E-state index in [1.807, 2.05) is 27.7 Å². The lowest BCUT2D eigenvalue weighted by molar-refractivity contribution is -0.116. The van der Waals surface area contributed by atoms with E-state index in [1.54, 1.807) is 0 Å². The molecule has 3 rings (SSSR count). The fourth-order valence-electron chi connectivity index (χ4n) is 3.25. The van der Waals surface area contributed by atoms with Crippen molar-refractivity contribution < 1.29 is 4.79 Å². The van der Waals surface area contributed by atoms with Gasteiger partial charge >= 0.3 is 0 Å². The van der Waals surface area contributed by atoms with Crippen molar-refractivity contribution in [1.82, 2.24) is 4.57 Å². The molecule has 1 amide bonds. The van der Waals surface area contributed by atoms with Crippen LogP contribution in [0.2, 0.25) is 0 Å². The number of aryl methyl sites for hydroxylation is 1. The Bertz CT molecular complexity index is 692. The monoisotopic (exact) mass is 376 g/mol. The first kappa shape index (κ1) is 18.7. The molecule has 0 aliphatic carbocycles. The smallest absolute Gasteiger partial charge is 0.224 e. The predicted octanol–water partition coefficient (Wildman–Crippen LogP) is 6.09. The highest BCUT2D eigenvalue weighted by atomic mass is 33.1. The molecule has 136 valence electrons. The number of hydrogen-bond donors (Lipinski definition) is 1. The van der Waals surface area contributed by atoms with Crippen molar-refractivity contribution in [3.05, 3.63) is 30.5 Å². The lowest BCUT2D eigenvalue weighted by Crippen LogP contribution is -2.11. The van der Waals surface area contributed by atoms with Crippen LogP contribution in [-0.2, 0) is 11.3 Å². The Morgan fingerprint density at radius 3 is 3.00 bits per heavy atom. The first-order valence-electron chi connectivity index (χ1n) is 9.43. The summed E-state index contributed by atoms with van der Waals surface area (Å²) >= 11 is 0. The van der Waals surface area contributed by atoms with E-state index in [9.17, 15) is 4.79 Å². The van der Waals surface area contributed by atoms with Crippen LogP contribution in [0.15, 0.2) is 30.5 Å². The maximum atomic E-state index is 12.2. The fraction of sp³-hybridized carbons (Fsp3) is 0.550. The Hall–Kier alpha value is -1.07. The van der Waals surface area contributed by atoms with Crippen LogP contribution in [0.4, 0.5) is 5.69 Å². The molecule has 3 nitrogen and oxygen atoms in total. The molecule has 25 heavy (non-hydrogen) atoms. The van der Waals surface area contributed by atoms with Gasteiger partial charge in [0.2, 0.25) is 5.91 Å². The number of hydrogen-bond acceptors (Lipinski definition) is 3.